The van der Waals surface area contributed by atoms with Crippen LogP contribution in [0.3, 0.4) is 0 Å². The van der Waals surface area contributed by atoms with E-state index >= 15 is 0 Å². The molecule has 0 bridgehead atoms. The third-order valence-corrected chi connectivity index (χ3v) is 4.83. The second-order valence-electron chi connectivity index (χ2n) is 6.92. The summed E-state index contributed by atoms with van der Waals surface area (Å²) in [6, 6.07) is 1.85. The molecule has 0 aliphatic carbocycles. The first kappa shape index (κ1) is 23.1. The van der Waals surface area contributed by atoms with Gasteiger partial charge in [0.25, 0.3) is 0 Å². The highest BCUT2D eigenvalue weighted by molar-refractivity contribution is 14.0. The smallest absolute Gasteiger partial charge is 0.225 e. The number of ether oxygens (including phenoxy) is 2. The molecule has 0 aromatic carbocycles. The number of guanidine groups is 1. The molecule has 1 aromatic rings. The predicted molar refractivity (Wildman–Crippen MR) is 122 cm³/mol. The third-order valence-electron chi connectivity index (χ3n) is 4.83. The van der Waals surface area contributed by atoms with Gasteiger partial charge in [-0.1, -0.05) is 0 Å². The fourth-order valence-corrected chi connectivity index (χ4v) is 3.31. The van der Waals surface area contributed by atoms with E-state index in [-0.39, 0.29) is 24.0 Å². The molecule has 9 heteroatoms. The van der Waals surface area contributed by atoms with Gasteiger partial charge < -0.3 is 24.6 Å². The van der Waals surface area contributed by atoms with Crippen LogP contribution < -0.4 is 10.2 Å². The maximum Gasteiger partial charge on any atom is 0.225 e. The number of aromatic nitrogens is 2. The van der Waals surface area contributed by atoms with Gasteiger partial charge in [-0.15, -0.1) is 24.0 Å². The van der Waals surface area contributed by atoms with E-state index in [1.54, 1.807) is 12.4 Å². The van der Waals surface area contributed by atoms with Crippen molar-refractivity contribution >= 4 is 35.9 Å². The van der Waals surface area contributed by atoms with Crippen LogP contribution in [0.1, 0.15) is 19.8 Å². The lowest BCUT2D eigenvalue weighted by Gasteiger charge is -2.36. The number of hydrogen-bond donors (Lipinski definition) is 1. The van der Waals surface area contributed by atoms with Gasteiger partial charge in [0, 0.05) is 70.8 Å². The Morgan fingerprint density at radius 3 is 2.75 bits per heavy atom. The minimum Gasteiger partial charge on any atom is -0.381 e. The summed E-state index contributed by atoms with van der Waals surface area (Å²) >= 11 is 0. The van der Waals surface area contributed by atoms with Gasteiger partial charge in [0.2, 0.25) is 5.95 Å². The summed E-state index contributed by atoms with van der Waals surface area (Å²) < 4.78 is 11.1. The molecule has 2 saturated heterocycles. The lowest BCUT2D eigenvalue weighted by molar-refractivity contribution is 0.0893. The molecule has 28 heavy (non-hydrogen) atoms. The Kier molecular flexibility index (Phi) is 10.8. The number of nitrogens with zero attached hydrogens (tertiary/aromatic N) is 5. The molecule has 1 aromatic heterocycles. The molecule has 8 nitrogen and oxygen atoms in total. The monoisotopic (exact) mass is 504 g/mol. The van der Waals surface area contributed by atoms with Crippen LogP contribution in [-0.2, 0) is 9.47 Å². The Morgan fingerprint density at radius 1 is 1.29 bits per heavy atom. The molecule has 158 valence electrons. The molecule has 2 aliphatic heterocycles. The Balaban J connectivity index is 0.00000280. The molecule has 0 spiro atoms. The molecule has 1 N–H and O–H groups in total. The van der Waals surface area contributed by atoms with Crippen molar-refractivity contribution in [1.29, 1.82) is 0 Å². The highest BCUT2D eigenvalue weighted by Crippen LogP contribution is 2.12. The fraction of sp³-hybridized carbons (Fsp3) is 0.737. The van der Waals surface area contributed by atoms with Crippen molar-refractivity contribution in [1.82, 2.24) is 20.2 Å². The van der Waals surface area contributed by atoms with Crippen LogP contribution in [0.25, 0.3) is 0 Å². The first-order chi connectivity index (χ1) is 13.4. The predicted octanol–water partition coefficient (Wildman–Crippen LogP) is 1.63. The first-order valence-electron chi connectivity index (χ1n) is 10.1. The maximum absolute atomic E-state index is 5.76. The Labute approximate surface area is 185 Å². The van der Waals surface area contributed by atoms with Gasteiger partial charge in [0.15, 0.2) is 5.96 Å². The van der Waals surface area contributed by atoms with Crippen molar-refractivity contribution in [2.75, 3.05) is 70.6 Å². The second-order valence-corrected chi connectivity index (χ2v) is 6.92. The lowest BCUT2D eigenvalue weighted by atomic mass is 10.1. The molecule has 2 fully saturated rings. The second kappa shape index (κ2) is 13.1. The van der Waals surface area contributed by atoms with Gasteiger partial charge in [-0.25, -0.2) is 9.97 Å². The molecule has 1 atom stereocenters. The Bertz CT molecular complexity index is 563. The van der Waals surface area contributed by atoms with E-state index in [4.69, 9.17) is 14.5 Å². The minimum absolute atomic E-state index is 0. The zero-order valence-corrected chi connectivity index (χ0v) is 19.1. The van der Waals surface area contributed by atoms with Gasteiger partial charge >= 0.3 is 0 Å². The van der Waals surface area contributed by atoms with Crippen LogP contribution in [0.15, 0.2) is 23.5 Å². The molecule has 0 amide bonds. The van der Waals surface area contributed by atoms with Crippen LogP contribution in [0.4, 0.5) is 5.95 Å². The van der Waals surface area contributed by atoms with E-state index in [1.807, 2.05) is 6.07 Å². The molecule has 0 saturated carbocycles. The van der Waals surface area contributed by atoms with Crippen LogP contribution in [0, 0.1) is 5.92 Å². The summed E-state index contributed by atoms with van der Waals surface area (Å²) in [5.41, 5.74) is 0. The van der Waals surface area contributed by atoms with Gasteiger partial charge in [-0.05, 0) is 25.8 Å². The molecule has 0 radical (unpaired) electrons. The topological polar surface area (TPSA) is 75.1 Å². The van der Waals surface area contributed by atoms with Gasteiger partial charge in [0.05, 0.1) is 13.2 Å². The summed E-state index contributed by atoms with van der Waals surface area (Å²) in [5, 5.41) is 3.41. The van der Waals surface area contributed by atoms with Gasteiger partial charge in [-0.2, -0.15) is 0 Å². The number of hydrogen-bond acceptors (Lipinski definition) is 6. The van der Waals surface area contributed by atoms with Crippen molar-refractivity contribution < 1.29 is 9.47 Å². The van der Waals surface area contributed by atoms with E-state index in [1.165, 1.54) is 0 Å². The van der Waals surface area contributed by atoms with Crippen molar-refractivity contribution in [3.8, 4) is 0 Å². The molecule has 3 rings (SSSR count). The highest BCUT2D eigenvalue weighted by atomic mass is 127. The van der Waals surface area contributed by atoms with E-state index in [2.05, 4.69) is 32.0 Å². The number of piperazine rings is 1. The van der Waals surface area contributed by atoms with Crippen molar-refractivity contribution in [3.05, 3.63) is 18.5 Å². The summed E-state index contributed by atoms with van der Waals surface area (Å²) in [5.74, 6) is 2.38. The SMILES string of the molecule is CCNC(=NCCCOCC1CCOC1)N1CCN(c2ncccn2)CC1.I. The number of rotatable bonds is 8. The number of halogens is 1. The van der Waals surface area contributed by atoms with E-state index in [0.717, 1.165) is 90.4 Å². The van der Waals surface area contributed by atoms with E-state index in [0.29, 0.717) is 5.92 Å². The molecule has 2 aliphatic rings. The number of nitrogens with one attached hydrogen (secondary N) is 1. The van der Waals surface area contributed by atoms with Crippen molar-refractivity contribution in [2.24, 2.45) is 10.9 Å². The van der Waals surface area contributed by atoms with Crippen LogP contribution in [-0.4, -0.2) is 86.5 Å². The lowest BCUT2D eigenvalue weighted by Crippen LogP contribution is -2.53. The molecular formula is C19H33IN6O2. The summed E-state index contributed by atoms with van der Waals surface area (Å²) in [6.07, 6.45) is 5.66. The largest absolute Gasteiger partial charge is 0.381 e. The van der Waals surface area contributed by atoms with Crippen LogP contribution in [0.2, 0.25) is 0 Å². The Morgan fingerprint density at radius 2 is 2.07 bits per heavy atom. The number of aliphatic imine (C=N–C) groups is 1. The maximum atomic E-state index is 5.76. The molecule has 1 unspecified atom stereocenters. The fourth-order valence-electron chi connectivity index (χ4n) is 3.31. The molecule has 3 heterocycles. The molecular weight excluding hydrogens is 471 g/mol. The quantitative estimate of drug-likeness (QED) is 0.250. The zero-order chi connectivity index (χ0) is 18.7. The zero-order valence-electron chi connectivity index (χ0n) is 16.8. The van der Waals surface area contributed by atoms with Crippen molar-refractivity contribution in [2.45, 2.75) is 19.8 Å². The average molecular weight is 504 g/mol. The number of anilines is 1. The van der Waals surface area contributed by atoms with Crippen LogP contribution >= 0.6 is 24.0 Å². The average Bonchev–Trinajstić information content (AvgIpc) is 3.24. The summed E-state index contributed by atoms with van der Waals surface area (Å²) in [7, 11) is 0. The van der Waals surface area contributed by atoms with Gasteiger partial charge in [-0.3, -0.25) is 4.99 Å². The normalized spacial score (nSPS) is 20.2. The Hall–Kier alpha value is -1.20. The summed E-state index contributed by atoms with van der Waals surface area (Å²) in [4.78, 5) is 18.0. The minimum atomic E-state index is 0. The van der Waals surface area contributed by atoms with Crippen molar-refractivity contribution in [3.63, 3.8) is 0 Å². The van der Waals surface area contributed by atoms with E-state index < -0.39 is 0 Å². The van der Waals surface area contributed by atoms with E-state index in [9.17, 15) is 0 Å². The first-order valence-corrected chi connectivity index (χ1v) is 10.1. The standard InChI is InChI=1S/C19H32N6O2.HI/c1-2-20-18(23-8-4-13-26-15-17-5-14-27-16-17)24-9-11-25(12-10-24)19-21-6-3-7-22-19;/h3,6-7,17H,2,4-5,8-16H2,1H3,(H,20,23);1H. The van der Waals surface area contributed by atoms with Crippen LogP contribution in [0.5, 0.6) is 0 Å². The highest BCUT2D eigenvalue weighted by Gasteiger charge is 2.21. The summed E-state index contributed by atoms with van der Waals surface area (Å²) in [6.45, 7) is 10.7. The third kappa shape index (κ3) is 7.32. The van der Waals surface area contributed by atoms with Gasteiger partial charge in [0.1, 0.15) is 0 Å².